The van der Waals surface area contributed by atoms with Crippen molar-refractivity contribution in [1.29, 1.82) is 0 Å². The Morgan fingerprint density at radius 1 is 1.04 bits per heavy atom. The van der Waals surface area contributed by atoms with Crippen LogP contribution in [0.4, 0.5) is 13.2 Å². The van der Waals surface area contributed by atoms with E-state index in [0.717, 1.165) is 17.0 Å². The molecule has 6 nitrogen and oxygen atoms in total. The molecule has 3 rings (SSSR count). The van der Waals surface area contributed by atoms with Crippen LogP contribution in [0.5, 0.6) is 5.75 Å². The molecule has 0 fully saturated rings. The molecule has 9 heteroatoms. The van der Waals surface area contributed by atoms with Crippen LogP contribution in [0.2, 0.25) is 0 Å². The molecule has 1 aliphatic rings. The Morgan fingerprint density at radius 3 is 2.25 bits per heavy atom. The Kier molecular flexibility index (Phi) is 4.84. The van der Waals surface area contributed by atoms with Crippen LogP contribution >= 0.6 is 0 Å². The lowest BCUT2D eigenvalue weighted by molar-refractivity contribution is -0.274. The van der Waals surface area contributed by atoms with Gasteiger partial charge in [0.1, 0.15) is 5.75 Å². The number of alkyl halides is 3. The summed E-state index contributed by atoms with van der Waals surface area (Å²) in [5, 5.41) is 0. The normalized spacial score (nSPS) is 13.5. The smallest absolute Gasteiger partial charge is 0.406 e. The minimum atomic E-state index is -4.77. The van der Waals surface area contributed by atoms with E-state index in [-0.39, 0.29) is 29.0 Å². The summed E-state index contributed by atoms with van der Waals surface area (Å²) in [4.78, 5) is 38.9. The summed E-state index contributed by atoms with van der Waals surface area (Å²) in [7, 11) is 2.89. The molecule has 0 saturated heterocycles. The minimum absolute atomic E-state index is 0.134. The number of fused-ring (bicyclic) bond motifs is 1. The molecular weight excluding hydrogens is 377 g/mol. The van der Waals surface area contributed by atoms with Gasteiger partial charge in [0, 0.05) is 26.2 Å². The molecule has 0 bridgehead atoms. The summed E-state index contributed by atoms with van der Waals surface area (Å²) < 4.78 is 40.4. The molecule has 0 saturated carbocycles. The van der Waals surface area contributed by atoms with Crippen molar-refractivity contribution in [1.82, 2.24) is 9.80 Å². The number of carbonyl (C=O) groups is 3. The van der Waals surface area contributed by atoms with Crippen LogP contribution in [0.15, 0.2) is 42.5 Å². The minimum Gasteiger partial charge on any atom is -0.406 e. The van der Waals surface area contributed by atoms with Gasteiger partial charge in [-0.2, -0.15) is 0 Å². The number of halogens is 3. The van der Waals surface area contributed by atoms with Crippen LogP contribution in [0.1, 0.15) is 36.6 Å². The van der Waals surface area contributed by atoms with Crippen molar-refractivity contribution < 1.29 is 32.3 Å². The predicted molar refractivity (Wildman–Crippen MR) is 91.8 cm³/mol. The first-order chi connectivity index (χ1) is 13.1. The zero-order chi connectivity index (χ0) is 20.6. The van der Waals surface area contributed by atoms with E-state index in [0.29, 0.717) is 5.56 Å². The van der Waals surface area contributed by atoms with Crippen molar-refractivity contribution in [2.45, 2.75) is 12.9 Å². The fourth-order valence-corrected chi connectivity index (χ4v) is 2.86. The van der Waals surface area contributed by atoms with Crippen LogP contribution in [0.3, 0.4) is 0 Å². The Morgan fingerprint density at radius 2 is 1.64 bits per heavy atom. The van der Waals surface area contributed by atoms with Gasteiger partial charge < -0.3 is 9.64 Å². The van der Waals surface area contributed by atoms with E-state index in [1.807, 2.05) is 0 Å². The number of hydrogen-bond donors (Lipinski definition) is 0. The maximum Gasteiger partial charge on any atom is 0.573 e. The summed E-state index contributed by atoms with van der Waals surface area (Å²) >= 11 is 0. The van der Waals surface area contributed by atoms with Gasteiger partial charge in [-0.25, -0.2) is 0 Å². The SMILES string of the molecule is CN(Cc1ccc(OC(F)(F)F)cc1)C(=O)c1ccc2c(c1)C(=O)N(C)C2=O. The standard InChI is InChI=1S/C19H15F3N2O4/c1-23(10-11-3-6-13(7-4-11)28-19(20,21)22)16(25)12-5-8-14-15(9-12)18(27)24(2)17(14)26/h3-9H,10H2,1-2H3. The maximum atomic E-state index is 12.6. The monoisotopic (exact) mass is 392 g/mol. The number of hydrogen-bond acceptors (Lipinski definition) is 4. The zero-order valence-corrected chi connectivity index (χ0v) is 14.9. The average Bonchev–Trinajstić information content (AvgIpc) is 2.85. The second kappa shape index (κ2) is 6.99. The lowest BCUT2D eigenvalue weighted by atomic mass is 10.0. The van der Waals surface area contributed by atoms with Crippen molar-refractivity contribution in [2.24, 2.45) is 0 Å². The lowest BCUT2D eigenvalue weighted by Crippen LogP contribution is -2.26. The van der Waals surface area contributed by atoms with Crippen LogP contribution in [0.25, 0.3) is 0 Å². The predicted octanol–water partition coefficient (Wildman–Crippen LogP) is 3.08. The number of carbonyl (C=O) groups excluding carboxylic acids is 3. The topological polar surface area (TPSA) is 66.9 Å². The number of nitrogens with zero attached hydrogens (tertiary/aromatic N) is 2. The van der Waals surface area contributed by atoms with E-state index >= 15 is 0 Å². The Hall–Kier alpha value is -3.36. The van der Waals surface area contributed by atoms with Gasteiger partial charge in [-0.05, 0) is 35.9 Å². The van der Waals surface area contributed by atoms with Gasteiger partial charge in [-0.1, -0.05) is 12.1 Å². The molecule has 0 N–H and O–H groups in total. The first-order valence-electron chi connectivity index (χ1n) is 8.13. The van der Waals surface area contributed by atoms with E-state index in [2.05, 4.69) is 4.74 Å². The van der Waals surface area contributed by atoms with Gasteiger partial charge in [0.25, 0.3) is 17.7 Å². The Labute approximate surface area is 158 Å². The lowest BCUT2D eigenvalue weighted by Gasteiger charge is -2.18. The third-order valence-corrected chi connectivity index (χ3v) is 4.26. The van der Waals surface area contributed by atoms with Crippen LogP contribution in [-0.2, 0) is 6.54 Å². The second-order valence-corrected chi connectivity index (χ2v) is 6.28. The van der Waals surface area contributed by atoms with Crippen molar-refractivity contribution in [3.63, 3.8) is 0 Å². The Bertz CT molecular complexity index is 955. The molecular formula is C19H15F3N2O4. The number of amides is 3. The summed E-state index contributed by atoms with van der Waals surface area (Å²) in [6, 6.07) is 9.44. The van der Waals surface area contributed by atoms with E-state index in [1.165, 1.54) is 49.3 Å². The third kappa shape index (κ3) is 3.83. The largest absolute Gasteiger partial charge is 0.573 e. The number of rotatable bonds is 4. The third-order valence-electron chi connectivity index (χ3n) is 4.26. The molecule has 0 aromatic heterocycles. The zero-order valence-electron chi connectivity index (χ0n) is 14.9. The summed E-state index contributed by atoms with van der Waals surface area (Å²) in [6.45, 7) is 0.134. The molecule has 2 aromatic rings. The van der Waals surface area contributed by atoms with E-state index < -0.39 is 24.1 Å². The molecule has 0 spiro atoms. The first kappa shape index (κ1) is 19.4. The van der Waals surface area contributed by atoms with Gasteiger partial charge >= 0.3 is 6.36 Å². The molecule has 0 atom stereocenters. The molecule has 28 heavy (non-hydrogen) atoms. The summed E-state index contributed by atoms with van der Waals surface area (Å²) in [6.07, 6.45) is -4.77. The Balaban J connectivity index is 1.72. The number of ether oxygens (including phenoxy) is 1. The summed E-state index contributed by atoms with van der Waals surface area (Å²) in [5.41, 5.74) is 1.24. The molecule has 0 radical (unpaired) electrons. The molecule has 1 aliphatic heterocycles. The van der Waals surface area contributed by atoms with Gasteiger partial charge in [0.2, 0.25) is 0 Å². The van der Waals surface area contributed by atoms with Crippen LogP contribution in [0, 0.1) is 0 Å². The summed E-state index contributed by atoms with van der Waals surface area (Å²) in [5.74, 6) is -1.64. The average molecular weight is 392 g/mol. The highest BCUT2D eigenvalue weighted by molar-refractivity contribution is 6.21. The van der Waals surface area contributed by atoms with Crippen LogP contribution < -0.4 is 4.74 Å². The van der Waals surface area contributed by atoms with Crippen molar-refractivity contribution in [2.75, 3.05) is 14.1 Å². The van der Waals surface area contributed by atoms with Crippen molar-refractivity contribution in [3.8, 4) is 5.75 Å². The maximum absolute atomic E-state index is 12.6. The molecule has 3 amide bonds. The fraction of sp³-hybridized carbons (Fsp3) is 0.211. The highest BCUT2D eigenvalue weighted by Crippen LogP contribution is 2.25. The number of imide groups is 1. The second-order valence-electron chi connectivity index (χ2n) is 6.28. The van der Waals surface area contributed by atoms with E-state index in [4.69, 9.17) is 0 Å². The van der Waals surface area contributed by atoms with E-state index in [1.54, 1.807) is 0 Å². The molecule has 1 heterocycles. The highest BCUT2D eigenvalue weighted by Gasteiger charge is 2.33. The molecule has 0 aliphatic carbocycles. The molecule has 0 unspecified atom stereocenters. The van der Waals surface area contributed by atoms with Gasteiger partial charge in [-0.3, -0.25) is 19.3 Å². The molecule has 146 valence electrons. The van der Waals surface area contributed by atoms with Crippen LogP contribution in [-0.4, -0.2) is 48.0 Å². The van der Waals surface area contributed by atoms with Gasteiger partial charge in [0.15, 0.2) is 0 Å². The quantitative estimate of drug-likeness (QED) is 0.750. The number of benzene rings is 2. The van der Waals surface area contributed by atoms with E-state index in [9.17, 15) is 27.6 Å². The van der Waals surface area contributed by atoms with Crippen molar-refractivity contribution in [3.05, 3.63) is 64.7 Å². The van der Waals surface area contributed by atoms with Gasteiger partial charge in [-0.15, -0.1) is 13.2 Å². The van der Waals surface area contributed by atoms with Crippen molar-refractivity contribution >= 4 is 17.7 Å². The first-order valence-corrected chi connectivity index (χ1v) is 8.13. The molecule has 2 aromatic carbocycles. The van der Waals surface area contributed by atoms with Gasteiger partial charge in [0.05, 0.1) is 11.1 Å². The fourth-order valence-electron chi connectivity index (χ4n) is 2.86. The highest BCUT2D eigenvalue weighted by atomic mass is 19.4.